The molecular formula is C20H24ClN2O4+. The van der Waals surface area contributed by atoms with Crippen molar-refractivity contribution < 1.29 is 23.9 Å². The number of halogens is 1. The lowest BCUT2D eigenvalue weighted by molar-refractivity contribution is -0.885. The predicted molar refractivity (Wildman–Crippen MR) is 104 cm³/mol. The molecule has 0 aromatic heterocycles. The van der Waals surface area contributed by atoms with Gasteiger partial charge in [-0.2, -0.15) is 0 Å². The monoisotopic (exact) mass is 391 g/mol. The number of amides is 1. The van der Waals surface area contributed by atoms with Crippen molar-refractivity contribution in [3.8, 4) is 17.2 Å². The lowest BCUT2D eigenvalue weighted by atomic mass is 10.2. The van der Waals surface area contributed by atoms with E-state index < -0.39 is 0 Å². The van der Waals surface area contributed by atoms with Crippen molar-refractivity contribution in [2.24, 2.45) is 0 Å². The number of fused-ring (bicyclic) bond motifs is 1. The van der Waals surface area contributed by atoms with E-state index >= 15 is 0 Å². The number of carbonyl (C=O) groups is 1. The van der Waals surface area contributed by atoms with Crippen molar-refractivity contribution in [3.05, 3.63) is 47.0 Å². The molecule has 0 saturated carbocycles. The summed E-state index contributed by atoms with van der Waals surface area (Å²) in [6.07, 6.45) is 0.829. The minimum absolute atomic E-state index is 0.0683. The van der Waals surface area contributed by atoms with Crippen LogP contribution >= 0.6 is 11.6 Å². The van der Waals surface area contributed by atoms with E-state index in [0.717, 1.165) is 16.9 Å². The molecule has 2 aromatic rings. The topological polar surface area (TPSA) is 61.2 Å². The fraction of sp³-hybridized carbons (Fsp3) is 0.350. The third kappa shape index (κ3) is 5.28. The number of hydrogen-bond acceptors (Lipinski definition) is 4. The maximum Gasteiger partial charge on any atom is 0.279 e. The molecule has 0 bridgehead atoms. The Morgan fingerprint density at radius 3 is 2.89 bits per heavy atom. The highest BCUT2D eigenvalue weighted by molar-refractivity contribution is 6.32. The SMILES string of the molecule is COc1cccc(NC(=O)C[NH+](C)Cc2cc(Cl)c3c(c2)OCCCO3)c1. The van der Waals surface area contributed by atoms with Crippen LogP contribution in [0.4, 0.5) is 5.69 Å². The van der Waals surface area contributed by atoms with Crippen LogP contribution in [-0.4, -0.2) is 39.8 Å². The molecule has 0 aliphatic carbocycles. The molecule has 2 N–H and O–H groups in total. The zero-order chi connectivity index (χ0) is 19.2. The number of carbonyl (C=O) groups excluding carboxylic acids is 1. The van der Waals surface area contributed by atoms with Gasteiger partial charge >= 0.3 is 0 Å². The number of hydrogen-bond donors (Lipinski definition) is 2. The maximum absolute atomic E-state index is 12.3. The second-order valence-electron chi connectivity index (χ2n) is 6.55. The summed E-state index contributed by atoms with van der Waals surface area (Å²) in [4.78, 5) is 13.3. The number of ether oxygens (including phenoxy) is 3. The van der Waals surface area contributed by atoms with Gasteiger partial charge in [0.1, 0.15) is 12.3 Å². The van der Waals surface area contributed by atoms with Gasteiger partial charge in [-0.25, -0.2) is 0 Å². The van der Waals surface area contributed by atoms with Crippen LogP contribution < -0.4 is 24.4 Å². The highest BCUT2D eigenvalue weighted by Crippen LogP contribution is 2.37. The number of methoxy groups -OCH3 is 1. The normalized spacial score (nSPS) is 14.2. The molecule has 7 heteroatoms. The van der Waals surface area contributed by atoms with Gasteiger partial charge in [-0.3, -0.25) is 4.79 Å². The molecule has 0 fully saturated rings. The molecular weight excluding hydrogens is 368 g/mol. The van der Waals surface area contributed by atoms with Crippen LogP contribution in [-0.2, 0) is 11.3 Å². The first kappa shape index (κ1) is 19.3. The molecule has 27 heavy (non-hydrogen) atoms. The molecule has 0 saturated heterocycles. The number of likely N-dealkylation sites (N-methyl/N-ethyl adjacent to an activating group) is 1. The fourth-order valence-electron chi connectivity index (χ4n) is 2.98. The van der Waals surface area contributed by atoms with Crippen LogP contribution in [0.3, 0.4) is 0 Å². The zero-order valence-corrected chi connectivity index (χ0v) is 16.3. The van der Waals surface area contributed by atoms with Gasteiger partial charge in [0, 0.05) is 23.7 Å². The first-order valence-electron chi connectivity index (χ1n) is 8.88. The molecule has 0 spiro atoms. The summed E-state index contributed by atoms with van der Waals surface area (Å²) in [5, 5.41) is 3.43. The molecule has 2 aromatic carbocycles. The average Bonchev–Trinajstić information content (AvgIpc) is 2.87. The highest BCUT2D eigenvalue weighted by Gasteiger charge is 2.18. The van der Waals surface area contributed by atoms with Crippen molar-refractivity contribution in [3.63, 3.8) is 0 Å². The Labute approximate surface area is 164 Å². The standard InChI is InChI=1S/C20H23ClN2O4/c1-23(13-19(24)22-15-5-3-6-16(11-15)25-2)12-14-9-17(21)20-18(10-14)26-7-4-8-27-20/h3,5-6,9-11H,4,7-8,12-13H2,1-2H3,(H,22,24)/p+1. The van der Waals surface area contributed by atoms with Gasteiger partial charge in [0.05, 0.1) is 32.4 Å². The van der Waals surface area contributed by atoms with Gasteiger partial charge in [-0.1, -0.05) is 17.7 Å². The molecule has 1 unspecified atom stereocenters. The van der Waals surface area contributed by atoms with E-state index in [1.807, 2.05) is 37.4 Å². The summed E-state index contributed by atoms with van der Waals surface area (Å²) in [5.41, 5.74) is 1.71. The van der Waals surface area contributed by atoms with E-state index in [-0.39, 0.29) is 5.91 Å². The highest BCUT2D eigenvalue weighted by atomic mass is 35.5. The lowest BCUT2D eigenvalue weighted by Crippen LogP contribution is -3.08. The molecule has 3 rings (SSSR count). The average molecular weight is 392 g/mol. The Hall–Kier alpha value is -2.44. The molecule has 1 heterocycles. The van der Waals surface area contributed by atoms with E-state index in [1.165, 1.54) is 0 Å². The predicted octanol–water partition coefficient (Wildman–Crippen LogP) is 2.16. The zero-order valence-electron chi connectivity index (χ0n) is 15.5. The molecule has 6 nitrogen and oxygen atoms in total. The molecule has 144 valence electrons. The maximum atomic E-state index is 12.3. The van der Waals surface area contributed by atoms with Crippen LogP contribution in [0.25, 0.3) is 0 Å². The van der Waals surface area contributed by atoms with E-state index in [9.17, 15) is 4.79 Å². The van der Waals surface area contributed by atoms with Crippen LogP contribution in [0.5, 0.6) is 17.2 Å². The summed E-state index contributed by atoms with van der Waals surface area (Å²) in [7, 11) is 3.56. The summed E-state index contributed by atoms with van der Waals surface area (Å²) in [6.45, 7) is 2.17. The minimum Gasteiger partial charge on any atom is -0.497 e. The number of nitrogens with one attached hydrogen (secondary N) is 2. The number of quaternary nitrogens is 1. The third-order valence-electron chi connectivity index (χ3n) is 4.18. The lowest BCUT2D eigenvalue weighted by Gasteiger charge is -2.16. The van der Waals surface area contributed by atoms with Gasteiger partial charge < -0.3 is 24.4 Å². The Kier molecular flexibility index (Phi) is 6.42. The Bertz CT molecular complexity index is 813. The molecule has 1 aliphatic rings. The molecule has 0 radical (unpaired) electrons. The van der Waals surface area contributed by atoms with Gasteiger partial charge in [-0.05, 0) is 24.3 Å². The van der Waals surface area contributed by atoms with Crippen molar-refractivity contribution in [2.45, 2.75) is 13.0 Å². The summed E-state index contributed by atoms with van der Waals surface area (Å²) >= 11 is 6.34. The Balaban J connectivity index is 1.60. The van der Waals surface area contributed by atoms with E-state index in [1.54, 1.807) is 13.2 Å². The first-order chi connectivity index (χ1) is 13.0. The molecule has 1 atom stereocenters. The fourth-order valence-corrected chi connectivity index (χ4v) is 3.27. The molecule has 1 aliphatic heterocycles. The largest absolute Gasteiger partial charge is 0.497 e. The van der Waals surface area contributed by atoms with Crippen molar-refractivity contribution in [1.82, 2.24) is 0 Å². The van der Waals surface area contributed by atoms with Crippen LogP contribution in [0.15, 0.2) is 36.4 Å². The second-order valence-corrected chi connectivity index (χ2v) is 6.95. The Morgan fingerprint density at radius 2 is 2.07 bits per heavy atom. The summed E-state index contributed by atoms with van der Waals surface area (Å²) in [5.74, 6) is 1.91. The van der Waals surface area contributed by atoms with Gasteiger partial charge in [-0.15, -0.1) is 0 Å². The van der Waals surface area contributed by atoms with Crippen LogP contribution in [0, 0.1) is 0 Å². The van der Waals surface area contributed by atoms with E-state index in [0.29, 0.717) is 54.3 Å². The summed E-state index contributed by atoms with van der Waals surface area (Å²) < 4.78 is 16.5. The number of rotatable bonds is 6. The van der Waals surface area contributed by atoms with Crippen molar-refractivity contribution in [1.29, 1.82) is 0 Å². The molecule has 1 amide bonds. The third-order valence-corrected chi connectivity index (χ3v) is 4.46. The van der Waals surface area contributed by atoms with Crippen molar-refractivity contribution in [2.75, 3.05) is 39.2 Å². The van der Waals surface area contributed by atoms with Gasteiger partial charge in [0.25, 0.3) is 5.91 Å². The minimum atomic E-state index is -0.0683. The number of anilines is 1. The number of benzene rings is 2. The quantitative estimate of drug-likeness (QED) is 0.792. The van der Waals surface area contributed by atoms with Gasteiger partial charge in [0.2, 0.25) is 0 Å². The van der Waals surface area contributed by atoms with Gasteiger partial charge in [0.15, 0.2) is 18.0 Å². The van der Waals surface area contributed by atoms with E-state index in [2.05, 4.69) is 5.32 Å². The Morgan fingerprint density at radius 1 is 1.26 bits per heavy atom. The smallest absolute Gasteiger partial charge is 0.279 e. The van der Waals surface area contributed by atoms with Crippen molar-refractivity contribution >= 4 is 23.2 Å². The first-order valence-corrected chi connectivity index (χ1v) is 9.26. The summed E-state index contributed by atoms with van der Waals surface area (Å²) in [6, 6.07) is 11.1. The second kappa shape index (κ2) is 8.97. The van der Waals surface area contributed by atoms with Crippen LogP contribution in [0.1, 0.15) is 12.0 Å². The van der Waals surface area contributed by atoms with Crippen LogP contribution in [0.2, 0.25) is 5.02 Å². The van der Waals surface area contributed by atoms with E-state index in [4.69, 9.17) is 25.8 Å².